The number of fused-ring (bicyclic) bond motifs is 4. The fourth-order valence-electron chi connectivity index (χ4n) is 5.26. The highest BCUT2D eigenvalue weighted by Crippen LogP contribution is 2.41. The highest BCUT2D eigenvalue weighted by atomic mass is 32.2. The summed E-state index contributed by atoms with van der Waals surface area (Å²) in [5.41, 5.74) is 4.92. The second-order valence-corrected chi connectivity index (χ2v) is 14.9. The van der Waals surface area contributed by atoms with Gasteiger partial charge in [-0.25, -0.2) is 8.42 Å². The number of thiazole rings is 1. The number of anilines is 1. The Balaban J connectivity index is 1.58. The summed E-state index contributed by atoms with van der Waals surface area (Å²) >= 11 is 1.59. The standard InChI is InChI=1S/C31H34N2O7S3/c1-4-23(19-29-32(13-7-15-42(34,35)36)26-17-21(2)22(3)18-27(26)40-29)20-30-33(14-8-16-43(37,38)39)31-25-10-6-5-9-24(25)11-12-28(31)41-30/h5-6,9-12,17-20H,4,7-8,13-16H2,1-3H3,(H-,34,35,36,37,38,39). The number of hydrogen-bond donors (Lipinski definition) is 1. The number of aromatic nitrogens is 1. The van der Waals surface area contributed by atoms with E-state index in [0.717, 1.165) is 48.4 Å². The number of aryl methyl sites for hydroxylation is 3. The molecule has 9 nitrogen and oxygen atoms in total. The summed E-state index contributed by atoms with van der Waals surface area (Å²) in [7, 11) is -8.45. The Morgan fingerprint density at radius 3 is 2.51 bits per heavy atom. The van der Waals surface area contributed by atoms with Crippen molar-refractivity contribution in [1.82, 2.24) is 0 Å². The normalized spacial score (nSPS) is 15.0. The van der Waals surface area contributed by atoms with E-state index in [1.54, 1.807) is 11.3 Å². The molecule has 0 aliphatic carbocycles. The fraction of sp³-hybridized carbons (Fsp3) is 0.323. The van der Waals surface area contributed by atoms with Crippen LogP contribution in [0.25, 0.3) is 27.1 Å². The molecule has 0 saturated heterocycles. The van der Waals surface area contributed by atoms with E-state index in [-0.39, 0.29) is 18.6 Å². The van der Waals surface area contributed by atoms with Gasteiger partial charge in [-0.3, -0.25) is 4.55 Å². The van der Waals surface area contributed by atoms with E-state index >= 15 is 0 Å². The van der Waals surface area contributed by atoms with Gasteiger partial charge in [0.25, 0.3) is 15.1 Å². The molecule has 0 unspecified atom stereocenters. The first-order chi connectivity index (χ1) is 20.3. The predicted octanol–water partition coefficient (Wildman–Crippen LogP) is 5.71. The van der Waals surface area contributed by atoms with Crippen LogP contribution in [0.15, 0.2) is 66.1 Å². The maximum absolute atomic E-state index is 11.4. The zero-order valence-electron chi connectivity index (χ0n) is 24.2. The first kappa shape index (κ1) is 31.1. The molecule has 2 heterocycles. The van der Waals surface area contributed by atoms with Crippen LogP contribution >= 0.6 is 11.3 Å². The fourth-order valence-corrected chi connectivity index (χ4v) is 7.42. The number of hydrogen-bond acceptors (Lipinski definition) is 8. The van der Waals surface area contributed by atoms with Crippen molar-refractivity contribution in [1.29, 1.82) is 0 Å². The van der Waals surface area contributed by atoms with Crippen LogP contribution in [0.3, 0.4) is 0 Å². The Hall–Kier alpha value is -3.29. The lowest BCUT2D eigenvalue weighted by Crippen LogP contribution is -2.36. The summed E-state index contributed by atoms with van der Waals surface area (Å²) in [5, 5.41) is 3.01. The third-order valence-electron chi connectivity index (χ3n) is 7.55. The van der Waals surface area contributed by atoms with Crippen molar-refractivity contribution in [2.75, 3.05) is 23.0 Å². The summed E-state index contributed by atoms with van der Waals surface area (Å²) in [4.78, 5) is 1.93. The van der Waals surface area contributed by atoms with Gasteiger partial charge in [-0.05, 0) is 73.0 Å². The molecule has 1 N–H and O–H groups in total. The molecule has 43 heavy (non-hydrogen) atoms. The minimum atomic E-state index is -4.35. The Morgan fingerprint density at radius 1 is 1.05 bits per heavy atom. The zero-order valence-corrected chi connectivity index (χ0v) is 26.7. The lowest BCUT2D eigenvalue weighted by atomic mass is 10.1. The molecule has 228 valence electrons. The summed E-state index contributed by atoms with van der Waals surface area (Å²) in [6.45, 7) is 6.72. The van der Waals surface area contributed by atoms with E-state index in [1.165, 1.54) is 0 Å². The van der Waals surface area contributed by atoms with Crippen molar-refractivity contribution in [3.8, 4) is 5.75 Å². The third-order valence-corrected chi connectivity index (χ3v) is 10.2. The molecule has 0 radical (unpaired) electrons. The van der Waals surface area contributed by atoms with E-state index in [4.69, 9.17) is 4.74 Å². The maximum atomic E-state index is 11.4. The van der Waals surface area contributed by atoms with Gasteiger partial charge in [-0.1, -0.05) is 42.5 Å². The van der Waals surface area contributed by atoms with Gasteiger partial charge >= 0.3 is 0 Å². The molecular formula is C31H34N2O7S3. The number of ether oxygens (including phenoxy) is 1. The Labute approximate surface area is 256 Å². The van der Waals surface area contributed by atoms with Crippen molar-refractivity contribution in [2.45, 2.75) is 46.6 Å². The van der Waals surface area contributed by atoms with Crippen LogP contribution in [-0.4, -0.2) is 44.0 Å². The van der Waals surface area contributed by atoms with E-state index in [0.29, 0.717) is 31.1 Å². The molecule has 4 aromatic rings. The molecule has 3 aromatic carbocycles. The monoisotopic (exact) mass is 642 g/mol. The number of benzene rings is 3. The lowest BCUT2D eigenvalue weighted by molar-refractivity contribution is -0.667. The predicted molar refractivity (Wildman–Crippen MR) is 170 cm³/mol. The second-order valence-electron chi connectivity index (χ2n) is 10.7. The van der Waals surface area contributed by atoms with Crippen LogP contribution < -0.4 is 14.2 Å². The topological polar surface area (TPSA) is 128 Å². The largest absolute Gasteiger partial charge is 0.748 e. The van der Waals surface area contributed by atoms with E-state index in [1.807, 2.05) is 68.1 Å². The van der Waals surface area contributed by atoms with Crippen LogP contribution in [0.4, 0.5) is 5.69 Å². The molecule has 0 spiro atoms. The number of rotatable bonds is 11. The number of nitrogens with zero attached hydrogens (tertiary/aromatic N) is 2. The van der Waals surface area contributed by atoms with Crippen molar-refractivity contribution >= 4 is 64.3 Å². The molecule has 0 fully saturated rings. The summed E-state index contributed by atoms with van der Waals surface area (Å²) in [6, 6.07) is 16.1. The van der Waals surface area contributed by atoms with Crippen molar-refractivity contribution < 1.29 is 35.2 Å². The van der Waals surface area contributed by atoms with Crippen molar-refractivity contribution in [3.63, 3.8) is 0 Å². The van der Waals surface area contributed by atoms with Crippen LogP contribution in [0.1, 0.15) is 42.3 Å². The van der Waals surface area contributed by atoms with Crippen LogP contribution in [-0.2, 0) is 26.8 Å². The van der Waals surface area contributed by atoms with Gasteiger partial charge in [0, 0.05) is 30.9 Å². The van der Waals surface area contributed by atoms with Crippen molar-refractivity contribution in [3.05, 3.63) is 82.2 Å². The molecule has 1 aliphatic heterocycles. The Morgan fingerprint density at radius 2 is 1.79 bits per heavy atom. The molecule has 0 atom stereocenters. The molecule has 0 amide bonds. The average Bonchev–Trinajstić information content (AvgIpc) is 3.44. The van der Waals surface area contributed by atoms with Gasteiger partial charge in [-0.2, -0.15) is 13.0 Å². The van der Waals surface area contributed by atoms with E-state index in [2.05, 4.69) is 22.8 Å². The zero-order chi connectivity index (χ0) is 30.9. The van der Waals surface area contributed by atoms with Gasteiger partial charge in [0.05, 0.1) is 26.9 Å². The summed E-state index contributed by atoms with van der Waals surface area (Å²) in [6.07, 6.45) is 5.05. The third kappa shape index (κ3) is 7.27. The molecule has 0 saturated carbocycles. The van der Waals surface area contributed by atoms with E-state index < -0.39 is 26.0 Å². The molecule has 12 heteroatoms. The quantitative estimate of drug-likeness (QED) is 0.163. The van der Waals surface area contributed by atoms with Gasteiger partial charge < -0.3 is 14.2 Å². The average molecular weight is 643 g/mol. The highest BCUT2D eigenvalue weighted by molar-refractivity contribution is 7.85. The van der Waals surface area contributed by atoms with Crippen LogP contribution in [0.5, 0.6) is 5.75 Å². The van der Waals surface area contributed by atoms with E-state index in [9.17, 15) is 25.9 Å². The number of allylic oxidation sites excluding steroid dienone is 2. The smallest absolute Gasteiger partial charge is 0.264 e. The molecule has 1 aliphatic rings. The van der Waals surface area contributed by atoms with Crippen LogP contribution in [0, 0.1) is 13.8 Å². The van der Waals surface area contributed by atoms with Gasteiger partial charge in [0.1, 0.15) is 4.70 Å². The first-order valence-electron chi connectivity index (χ1n) is 14.0. The molecule has 0 bridgehead atoms. The molecular weight excluding hydrogens is 609 g/mol. The maximum Gasteiger partial charge on any atom is 0.264 e. The SMILES string of the molecule is CCC(=Cc1sc2ccc3ccccc3c2[n+]1CCCS(=O)(=O)[O-])/C=C1\Oc2cc(C)c(C)cc2N1CCCS(=O)(=O)O. The minimum absolute atomic E-state index is 0.188. The summed E-state index contributed by atoms with van der Waals surface area (Å²) in [5.74, 6) is 0.430. The van der Waals surface area contributed by atoms with Gasteiger partial charge in [0.2, 0.25) is 11.4 Å². The van der Waals surface area contributed by atoms with Gasteiger partial charge in [-0.15, -0.1) is 0 Å². The van der Waals surface area contributed by atoms with Gasteiger partial charge in [0.15, 0.2) is 12.3 Å². The second kappa shape index (κ2) is 12.4. The minimum Gasteiger partial charge on any atom is -0.748 e. The Kier molecular flexibility index (Phi) is 8.96. The first-order valence-corrected chi connectivity index (χ1v) is 18.0. The molecule has 5 rings (SSSR count). The van der Waals surface area contributed by atoms with Crippen molar-refractivity contribution in [2.24, 2.45) is 0 Å². The highest BCUT2D eigenvalue weighted by Gasteiger charge is 2.28. The molecule has 1 aromatic heterocycles. The Bertz CT molecular complexity index is 1980. The lowest BCUT2D eigenvalue weighted by Gasteiger charge is -2.19. The summed E-state index contributed by atoms with van der Waals surface area (Å²) < 4.78 is 75.7. The van der Waals surface area contributed by atoms with Crippen LogP contribution in [0.2, 0.25) is 0 Å².